The predicted molar refractivity (Wildman–Crippen MR) is 77.0 cm³/mol. The van der Waals surface area contributed by atoms with E-state index in [2.05, 4.69) is 6.92 Å². The zero-order valence-corrected chi connectivity index (χ0v) is 13.1. The molecule has 19 heavy (non-hydrogen) atoms. The number of rotatable bonds is 12. The maximum Gasteiger partial charge on any atom is 0.0781 e. The minimum absolute atomic E-state index is 0.00640. The lowest BCUT2D eigenvalue weighted by atomic mass is 10.3. The molecule has 0 heterocycles. The van der Waals surface area contributed by atoms with Crippen molar-refractivity contribution < 1.29 is 18.9 Å². The van der Waals surface area contributed by atoms with Gasteiger partial charge in [0.15, 0.2) is 0 Å². The van der Waals surface area contributed by atoms with E-state index in [1.54, 1.807) is 0 Å². The lowest BCUT2D eigenvalue weighted by Crippen LogP contribution is -2.27. The summed E-state index contributed by atoms with van der Waals surface area (Å²) in [4.78, 5) is 0. The van der Waals surface area contributed by atoms with Crippen molar-refractivity contribution in [2.45, 2.75) is 59.0 Å². The van der Waals surface area contributed by atoms with Gasteiger partial charge >= 0.3 is 0 Å². The fourth-order valence-electron chi connectivity index (χ4n) is 1.30. The summed E-state index contributed by atoms with van der Waals surface area (Å²) in [6.07, 6.45) is 2.18. The molecule has 0 rings (SSSR count). The minimum atomic E-state index is -0.00640. The smallest absolute Gasteiger partial charge is 0.0781 e. The molecule has 0 saturated heterocycles. The van der Waals surface area contributed by atoms with Gasteiger partial charge in [-0.1, -0.05) is 6.92 Å². The van der Waals surface area contributed by atoms with E-state index in [1.165, 1.54) is 0 Å². The van der Waals surface area contributed by atoms with E-state index in [0.717, 1.165) is 0 Å². The van der Waals surface area contributed by atoms with Crippen molar-refractivity contribution in [1.82, 2.24) is 0 Å². The van der Waals surface area contributed by atoms with Crippen molar-refractivity contribution in [3.05, 3.63) is 13.3 Å². The molecule has 4 heteroatoms. The van der Waals surface area contributed by atoms with Crippen LogP contribution in [0.25, 0.3) is 0 Å². The van der Waals surface area contributed by atoms with Crippen molar-refractivity contribution in [3.8, 4) is 0 Å². The average Bonchev–Trinajstić information content (AvgIpc) is 2.37. The summed E-state index contributed by atoms with van der Waals surface area (Å²) in [5.41, 5.74) is 0. The Balaban J connectivity index is 3.54. The SMILES string of the molecule is [CH2]C(C)OCC(C)OCC(C)OCC(C)OC[CH]C. The summed E-state index contributed by atoms with van der Waals surface area (Å²) in [7, 11) is 0. The van der Waals surface area contributed by atoms with Gasteiger partial charge in [-0.15, -0.1) is 0 Å². The van der Waals surface area contributed by atoms with E-state index in [1.807, 2.05) is 41.0 Å². The fourth-order valence-corrected chi connectivity index (χ4v) is 1.30. The molecule has 0 fully saturated rings. The molecule has 0 amide bonds. The summed E-state index contributed by atoms with van der Waals surface area (Å²) in [5.74, 6) is 0. The Morgan fingerprint density at radius 3 is 1.63 bits per heavy atom. The molecule has 114 valence electrons. The molecule has 0 spiro atoms. The highest BCUT2D eigenvalue weighted by molar-refractivity contribution is 4.58. The summed E-state index contributed by atoms with van der Waals surface area (Å²) in [6, 6.07) is 0. The molecule has 0 aromatic rings. The summed E-state index contributed by atoms with van der Waals surface area (Å²) in [6.45, 7) is 16.0. The Bertz CT molecular complexity index is 197. The van der Waals surface area contributed by atoms with Crippen LogP contribution in [0, 0.1) is 13.3 Å². The lowest BCUT2D eigenvalue weighted by Gasteiger charge is -2.20. The molecule has 4 atom stereocenters. The van der Waals surface area contributed by atoms with E-state index in [4.69, 9.17) is 18.9 Å². The topological polar surface area (TPSA) is 36.9 Å². The Labute approximate surface area is 118 Å². The third kappa shape index (κ3) is 12.6. The van der Waals surface area contributed by atoms with Gasteiger partial charge in [0.25, 0.3) is 0 Å². The molecule has 4 nitrogen and oxygen atoms in total. The molecule has 0 saturated carbocycles. The van der Waals surface area contributed by atoms with E-state index >= 15 is 0 Å². The van der Waals surface area contributed by atoms with Crippen molar-refractivity contribution in [3.63, 3.8) is 0 Å². The van der Waals surface area contributed by atoms with Crippen molar-refractivity contribution in [2.75, 3.05) is 26.4 Å². The molecular weight excluding hydrogens is 244 g/mol. The quantitative estimate of drug-likeness (QED) is 0.548. The Morgan fingerprint density at radius 1 is 0.789 bits per heavy atom. The van der Waals surface area contributed by atoms with Crippen LogP contribution in [-0.4, -0.2) is 50.8 Å². The molecule has 0 bridgehead atoms. The van der Waals surface area contributed by atoms with Gasteiger partial charge in [0, 0.05) is 6.61 Å². The third-order valence-corrected chi connectivity index (χ3v) is 2.39. The Hall–Kier alpha value is -0.160. The molecule has 0 aliphatic rings. The molecule has 0 N–H and O–H groups in total. The molecule has 0 aliphatic carbocycles. The Morgan fingerprint density at radius 2 is 1.21 bits per heavy atom. The van der Waals surface area contributed by atoms with Gasteiger partial charge in [-0.25, -0.2) is 0 Å². The van der Waals surface area contributed by atoms with Crippen LogP contribution < -0.4 is 0 Å². The van der Waals surface area contributed by atoms with Crippen LogP contribution in [-0.2, 0) is 18.9 Å². The van der Waals surface area contributed by atoms with Crippen LogP contribution in [0.5, 0.6) is 0 Å². The summed E-state index contributed by atoms with van der Waals surface area (Å²) < 4.78 is 22.2. The van der Waals surface area contributed by atoms with Crippen LogP contribution in [0.2, 0.25) is 0 Å². The second kappa shape index (κ2) is 11.6. The highest BCUT2D eigenvalue weighted by Gasteiger charge is 2.10. The molecule has 0 aliphatic heterocycles. The second-order valence-electron chi connectivity index (χ2n) is 4.98. The standard InChI is InChI=1S/C15H30O4/c1-7-8-16-13(4)10-18-15(6)11-19-14(5)9-17-12(2)3/h7,12-15H,2,8-11H2,1,3-6H3. The first-order valence-corrected chi connectivity index (χ1v) is 7.03. The maximum atomic E-state index is 5.66. The van der Waals surface area contributed by atoms with E-state index < -0.39 is 0 Å². The van der Waals surface area contributed by atoms with Gasteiger partial charge in [-0.05, 0) is 41.0 Å². The first kappa shape index (κ1) is 18.8. The monoisotopic (exact) mass is 274 g/mol. The van der Waals surface area contributed by atoms with Crippen LogP contribution >= 0.6 is 0 Å². The maximum absolute atomic E-state index is 5.66. The molecule has 0 aromatic carbocycles. The summed E-state index contributed by atoms with van der Waals surface area (Å²) in [5, 5.41) is 0. The first-order chi connectivity index (χ1) is 8.95. The van der Waals surface area contributed by atoms with Crippen LogP contribution in [0.15, 0.2) is 0 Å². The molecular formula is C15H30O4. The fraction of sp³-hybridized carbons (Fsp3) is 0.867. The van der Waals surface area contributed by atoms with Gasteiger partial charge in [0.05, 0.1) is 44.2 Å². The normalized spacial score (nSPS) is 16.6. The van der Waals surface area contributed by atoms with Gasteiger partial charge in [-0.3, -0.25) is 0 Å². The zero-order chi connectivity index (χ0) is 14.7. The van der Waals surface area contributed by atoms with E-state index in [0.29, 0.717) is 26.4 Å². The highest BCUT2D eigenvalue weighted by atomic mass is 16.6. The number of hydrogen-bond donors (Lipinski definition) is 0. The van der Waals surface area contributed by atoms with Crippen molar-refractivity contribution in [1.29, 1.82) is 0 Å². The van der Waals surface area contributed by atoms with Crippen LogP contribution in [0.3, 0.4) is 0 Å². The predicted octanol–water partition coefficient (Wildman–Crippen LogP) is 2.67. The van der Waals surface area contributed by atoms with E-state index in [9.17, 15) is 0 Å². The number of hydrogen-bond acceptors (Lipinski definition) is 4. The highest BCUT2D eigenvalue weighted by Crippen LogP contribution is 2.01. The van der Waals surface area contributed by atoms with Crippen LogP contribution in [0.4, 0.5) is 0 Å². The summed E-state index contributed by atoms with van der Waals surface area (Å²) >= 11 is 0. The van der Waals surface area contributed by atoms with Crippen molar-refractivity contribution in [2.24, 2.45) is 0 Å². The molecule has 0 aromatic heterocycles. The molecule has 2 radical (unpaired) electrons. The lowest BCUT2D eigenvalue weighted by molar-refractivity contribution is -0.0812. The number of ether oxygens (including phenoxy) is 4. The van der Waals surface area contributed by atoms with E-state index in [-0.39, 0.29) is 24.4 Å². The Kier molecular flexibility index (Phi) is 11.6. The minimum Gasteiger partial charge on any atom is -0.376 e. The third-order valence-electron chi connectivity index (χ3n) is 2.39. The zero-order valence-electron chi connectivity index (χ0n) is 13.1. The van der Waals surface area contributed by atoms with Gasteiger partial charge in [0.2, 0.25) is 0 Å². The molecule has 4 unspecified atom stereocenters. The van der Waals surface area contributed by atoms with Crippen LogP contribution in [0.1, 0.15) is 34.6 Å². The second-order valence-corrected chi connectivity index (χ2v) is 4.98. The average molecular weight is 274 g/mol. The van der Waals surface area contributed by atoms with Gasteiger partial charge < -0.3 is 18.9 Å². The largest absolute Gasteiger partial charge is 0.376 e. The van der Waals surface area contributed by atoms with Gasteiger partial charge in [-0.2, -0.15) is 0 Å². The van der Waals surface area contributed by atoms with Crippen molar-refractivity contribution >= 4 is 0 Å². The first-order valence-electron chi connectivity index (χ1n) is 7.03. The van der Waals surface area contributed by atoms with Gasteiger partial charge in [0.1, 0.15) is 0 Å².